The van der Waals surface area contributed by atoms with Gasteiger partial charge >= 0.3 is 0 Å². The van der Waals surface area contributed by atoms with Gasteiger partial charge in [0.15, 0.2) is 5.78 Å². The predicted octanol–water partition coefficient (Wildman–Crippen LogP) is 2.58. The number of nitrogens with one attached hydrogen (secondary N) is 4. The van der Waals surface area contributed by atoms with Crippen LogP contribution >= 0.6 is 0 Å². The van der Waals surface area contributed by atoms with Gasteiger partial charge in [0, 0.05) is 19.5 Å². The van der Waals surface area contributed by atoms with Crippen LogP contribution in [0.15, 0.2) is 60.7 Å². The summed E-state index contributed by atoms with van der Waals surface area (Å²) in [4.78, 5) is 70.5. The third-order valence-electron chi connectivity index (χ3n) is 9.38. The number of nitrogens with zero attached hydrogens (tertiary/aromatic N) is 1. The van der Waals surface area contributed by atoms with Crippen molar-refractivity contribution in [3.63, 3.8) is 0 Å². The third kappa shape index (κ3) is 13.1. The topological polar surface area (TPSA) is 158 Å². The van der Waals surface area contributed by atoms with Crippen LogP contribution in [0.5, 0.6) is 0 Å². The summed E-state index contributed by atoms with van der Waals surface area (Å²) in [5.74, 6) is -1.83. The van der Waals surface area contributed by atoms with Gasteiger partial charge in [0.05, 0.1) is 32.4 Å². The molecule has 4 amide bonds. The first-order chi connectivity index (χ1) is 24.8. The molecule has 52 heavy (non-hydrogen) atoms. The zero-order valence-corrected chi connectivity index (χ0v) is 31.3. The van der Waals surface area contributed by atoms with Crippen molar-refractivity contribution in [2.45, 2.75) is 96.5 Å². The van der Waals surface area contributed by atoms with E-state index in [4.69, 9.17) is 9.47 Å². The molecule has 0 aromatic heterocycles. The van der Waals surface area contributed by atoms with Crippen LogP contribution in [0.4, 0.5) is 0 Å². The molecule has 284 valence electrons. The highest BCUT2D eigenvalue weighted by Gasteiger charge is 2.50. The van der Waals surface area contributed by atoms with Crippen molar-refractivity contribution in [3.05, 3.63) is 71.8 Å². The van der Waals surface area contributed by atoms with E-state index in [1.807, 2.05) is 93.3 Å². The average Bonchev–Trinajstić information content (AvgIpc) is 3.87. The monoisotopic (exact) mass is 719 g/mol. The summed E-state index contributed by atoms with van der Waals surface area (Å²) < 4.78 is 10.8. The fourth-order valence-electron chi connectivity index (χ4n) is 6.33. The third-order valence-corrected chi connectivity index (χ3v) is 9.38. The molecular formula is C40H57N5O7. The molecule has 2 saturated heterocycles. The van der Waals surface area contributed by atoms with Crippen LogP contribution in [0, 0.1) is 11.8 Å². The summed E-state index contributed by atoms with van der Waals surface area (Å²) in [6.45, 7) is 12.3. The molecule has 2 aromatic rings. The van der Waals surface area contributed by atoms with Gasteiger partial charge < -0.3 is 30.7 Å². The Morgan fingerprint density at radius 3 is 1.77 bits per heavy atom. The van der Waals surface area contributed by atoms with Crippen LogP contribution in [-0.4, -0.2) is 104 Å². The summed E-state index contributed by atoms with van der Waals surface area (Å²) in [5.41, 5.74) is 0.915. The number of amides is 4. The Morgan fingerprint density at radius 1 is 0.692 bits per heavy atom. The van der Waals surface area contributed by atoms with E-state index in [-0.39, 0.29) is 36.5 Å². The lowest BCUT2D eigenvalue weighted by molar-refractivity contribution is -0.135. The Kier molecular flexibility index (Phi) is 15.3. The maximum Gasteiger partial charge on any atom is 0.243 e. The maximum absolute atomic E-state index is 14.1. The molecule has 2 aliphatic rings. The van der Waals surface area contributed by atoms with Crippen LogP contribution in [0.1, 0.15) is 65.0 Å². The molecule has 12 nitrogen and oxygen atoms in total. The van der Waals surface area contributed by atoms with E-state index >= 15 is 0 Å². The summed E-state index contributed by atoms with van der Waals surface area (Å²) >= 11 is 0. The minimum absolute atomic E-state index is 0.0171. The highest BCUT2D eigenvalue weighted by molar-refractivity contribution is 5.98. The van der Waals surface area contributed by atoms with E-state index in [9.17, 15) is 24.0 Å². The van der Waals surface area contributed by atoms with Gasteiger partial charge in [-0.1, -0.05) is 88.4 Å². The molecule has 0 bridgehead atoms. The van der Waals surface area contributed by atoms with Gasteiger partial charge in [0.25, 0.3) is 0 Å². The summed E-state index contributed by atoms with van der Waals surface area (Å²) in [6.07, 6.45) is 1.76. The number of rotatable bonds is 20. The fraction of sp³-hybridized carbons (Fsp3) is 0.575. The Labute approximate surface area is 308 Å². The second-order valence-electron chi connectivity index (χ2n) is 15.0. The van der Waals surface area contributed by atoms with Crippen molar-refractivity contribution in [1.82, 2.24) is 26.2 Å². The SMILES string of the molecule is CC(C)C[C@H](NC(=O)[C@@H](CCc1ccccc1)NC(=O)CN1CCOCC1)C(=O)N[C@@H](Cc1ccccc1)C(=O)N[C@@H](CC(C)C)C(=O)[C@]1(C)CO1. The summed E-state index contributed by atoms with van der Waals surface area (Å²) in [6, 6.07) is 15.3. The molecule has 4 N–H and O–H groups in total. The first-order valence-corrected chi connectivity index (χ1v) is 18.6. The van der Waals surface area contributed by atoms with Crippen molar-refractivity contribution >= 4 is 29.4 Å². The van der Waals surface area contributed by atoms with Crippen LogP contribution in [0.25, 0.3) is 0 Å². The van der Waals surface area contributed by atoms with Crippen LogP contribution in [0.3, 0.4) is 0 Å². The zero-order chi connectivity index (χ0) is 37.7. The number of carbonyl (C=O) groups excluding carboxylic acids is 5. The van der Waals surface area contributed by atoms with Crippen molar-refractivity contribution in [3.8, 4) is 0 Å². The minimum atomic E-state index is -1.03. The lowest BCUT2D eigenvalue weighted by atomic mass is 9.93. The van der Waals surface area contributed by atoms with Crippen molar-refractivity contribution < 1.29 is 33.4 Å². The van der Waals surface area contributed by atoms with Crippen LogP contribution in [-0.2, 0) is 46.3 Å². The number of hydrogen-bond acceptors (Lipinski definition) is 8. The average molecular weight is 720 g/mol. The molecule has 2 aromatic carbocycles. The molecule has 0 radical (unpaired) electrons. The molecule has 0 saturated carbocycles. The lowest BCUT2D eigenvalue weighted by Gasteiger charge is -2.29. The molecular weight excluding hydrogens is 662 g/mol. The fourth-order valence-corrected chi connectivity index (χ4v) is 6.33. The highest BCUT2D eigenvalue weighted by Crippen LogP contribution is 2.29. The van der Waals surface area contributed by atoms with Crippen LogP contribution < -0.4 is 21.3 Å². The van der Waals surface area contributed by atoms with Gasteiger partial charge in [-0.2, -0.15) is 0 Å². The van der Waals surface area contributed by atoms with Gasteiger partial charge in [-0.3, -0.25) is 28.9 Å². The molecule has 2 aliphatic heterocycles. The number of carbonyl (C=O) groups is 5. The Morgan fingerprint density at radius 2 is 1.19 bits per heavy atom. The normalized spacial score (nSPS) is 19.6. The van der Waals surface area contributed by atoms with Crippen LogP contribution in [0.2, 0.25) is 0 Å². The van der Waals surface area contributed by atoms with Gasteiger partial charge in [-0.25, -0.2) is 0 Å². The van der Waals surface area contributed by atoms with E-state index < -0.39 is 47.5 Å². The molecule has 0 aliphatic carbocycles. The molecule has 0 spiro atoms. The van der Waals surface area contributed by atoms with E-state index in [0.29, 0.717) is 58.6 Å². The van der Waals surface area contributed by atoms with Gasteiger partial charge in [-0.05, 0) is 55.6 Å². The Bertz CT molecular complexity index is 1480. The largest absolute Gasteiger partial charge is 0.379 e. The van der Waals surface area contributed by atoms with E-state index in [0.717, 1.165) is 11.1 Å². The summed E-state index contributed by atoms with van der Waals surface area (Å²) in [7, 11) is 0. The number of morpholine rings is 1. The number of ether oxygens (including phenoxy) is 2. The van der Waals surface area contributed by atoms with E-state index in [1.165, 1.54) is 0 Å². The first kappa shape index (κ1) is 40.6. The van der Waals surface area contributed by atoms with Gasteiger partial charge in [-0.15, -0.1) is 0 Å². The highest BCUT2D eigenvalue weighted by atomic mass is 16.6. The van der Waals surface area contributed by atoms with Crippen molar-refractivity contribution in [1.29, 1.82) is 0 Å². The van der Waals surface area contributed by atoms with Crippen molar-refractivity contribution in [2.24, 2.45) is 11.8 Å². The zero-order valence-electron chi connectivity index (χ0n) is 31.3. The molecule has 5 atom stereocenters. The molecule has 0 unspecified atom stereocenters. The summed E-state index contributed by atoms with van der Waals surface area (Å²) in [5, 5.41) is 11.7. The molecule has 2 fully saturated rings. The smallest absolute Gasteiger partial charge is 0.243 e. The van der Waals surface area contributed by atoms with Gasteiger partial charge in [0.1, 0.15) is 23.7 Å². The lowest BCUT2D eigenvalue weighted by Crippen LogP contribution is -2.59. The standard InChI is InChI=1S/C40H57N5O7/c1-27(2)22-32(36(47)40(5)26-52-40)42-39(50)34(24-30-14-10-7-11-15-30)44-38(49)33(23-28(3)4)43-37(48)31(17-16-29-12-8-6-9-13-29)41-35(46)25-45-18-20-51-21-19-45/h6-15,27-28,31-34H,16-26H2,1-5H3,(H,41,46)(H,42,50)(H,43,48)(H,44,49)/t31-,32+,33+,34+,40+/m1/s1. The minimum Gasteiger partial charge on any atom is -0.379 e. The number of epoxide rings is 1. The molecule has 2 heterocycles. The van der Waals surface area contributed by atoms with Crippen molar-refractivity contribution in [2.75, 3.05) is 39.5 Å². The number of Topliss-reactive ketones (excluding diaryl/α,β-unsaturated/α-hetero) is 1. The second-order valence-corrected chi connectivity index (χ2v) is 15.0. The van der Waals surface area contributed by atoms with E-state index in [2.05, 4.69) is 21.3 Å². The number of hydrogen-bond donors (Lipinski definition) is 4. The first-order valence-electron chi connectivity index (χ1n) is 18.6. The quantitative estimate of drug-likeness (QED) is 0.152. The predicted molar refractivity (Wildman–Crippen MR) is 198 cm³/mol. The maximum atomic E-state index is 14.1. The van der Waals surface area contributed by atoms with E-state index in [1.54, 1.807) is 6.92 Å². The Hall–Kier alpha value is -4.13. The Balaban J connectivity index is 1.51. The molecule has 4 rings (SSSR count). The van der Waals surface area contributed by atoms with Gasteiger partial charge in [0.2, 0.25) is 23.6 Å². The second kappa shape index (κ2) is 19.6. The number of benzene rings is 2. The number of ketones is 1. The number of aryl methyl sites for hydroxylation is 1. The molecule has 12 heteroatoms.